The molecule has 0 atom stereocenters. The first-order chi connectivity index (χ1) is 11.5. The van der Waals surface area contributed by atoms with E-state index < -0.39 is 9.84 Å². The standard InChI is InChI=1S/C16H20N4O3S/c1-3-4-9-16-18-14(19-23-16)10-20-13-8-6-5-7-12(13)17-15(20)11-24(2,21)22/h5-8H,3-4,9-11H2,1-2H3. The van der Waals surface area contributed by atoms with E-state index in [2.05, 4.69) is 22.0 Å². The highest BCUT2D eigenvalue weighted by atomic mass is 32.2. The van der Waals surface area contributed by atoms with E-state index >= 15 is 0 Å². The number of fused-ring (bicyclic) bond motifs is 1. The smallest absolute Gasteiger partial charge is 0.226 e. The van der Waals surface area contributed by atoms with Crippen LogP contribution in [0.4, 0.5) is 0 Å². The molecule has 0 saturated heterocycles. The van der Waals surface area contributed by atoms with Gasteiger partial charge in [-0.2, -0.15) is 4.98 Å². The molecule has 0 amide bonds. The van der Waals surface area contributed by atoms with Gasteiger partial charge in [0, 0.05) is 12.7 Å². The summed E-state index contributed by atoms with van der Waals surface area (Å²) in [6.07, 6.45) is 4.01. The number of sulfone groups is 1. The SMILES string of the molecule is CCCCc1nc(Cn2c(CS(C)(=O)=O)nc3ccccc32)no1. The number of rotatable bonds is 7. The highest BCUT2D eigenvalue weighted by Gasteiger charge is 2.17. The van der Waals surface area contributed by atoms with E-state index in [0.717, 1.165) is 30.3 Å². The lowest BCUT2D eigenvalue weighted by Crippen LogP contribution is -2.11. The van der Waals surface area contributed by atoms with Crippen LogP contribution in [-0.2, 0) is 28.6 Å². The number of aryl methyl sites for hydroxylation is 1. The zero-order chi connectivity index (χ0) is 17.2. The Morgan fingerprint density at radius 3 is 2.75 bits per heavy atom. The van der Waals surface area contributed by atoms with Crippen molar-refractivity contribution in [2.45, 2.75) is 38.5 Å². The molecule has 0 bridgehead atoms. The predicted molar refractivity (Wildman–Crippen MR) is 90.3 cm³/mol. The van der Waals surface area contributed by atoms with Gasteiger partial charge in [-0.15, -0.1) is 0 Å². The van der Waals surface area contributed by atoms with Gasteiger partial charge in [-0.3, -0.25) is 0 Å². The van der Waals surface area contributed by atoms with Gasteiger partial charge in [0.2, 0.25) is 5.89 Å². The summed E-state index contributed by atoms with van der Waals surface area (Å²) in [6.45, 7) is 2.44. The Morgan fingerprint density at radius 1 is 1.21 bits per heavy atom. The van der Waals surface area contributed by atoms with Gasteiger partial charge in [0.05, 0.1) is 17.6 Å². The summed E-state index contributed by atoms with van der Waals surface area (Å²) in [5.41, 5.74) is 1.61. The van der Waals surface area contributed by atoms with E-state index in [-0.39, 0.29) is 5.75 Å². The molecule has 3 rings (SSSR count). The average molecular weight is 348 g/mol. The zero-order valence-corrected chi connectivity index (χ0v) is 14.6. The van der Waals surface area contributed by atoms with Gasteiger partial charge in [0.25, 0.3) is 0 Å². The molecule has 0 aliphatic rings. The van der Waals surface area contributed by atoms with Crippen LogP contribution < -0.4 is 0 Å². The molecule has 0 aliphatic carbocycles. The van der Waals surface area contributed by atoms with Crippen molar-refractivity contribution < 1.29 is 12.9 Å². The van der Waals surface area contributed by atoms with Crippen molar-refractivity contribution in [2.24, 2.45) is 0 Å². The van der Waals surface area contributed by atoms with Gasteiger partial charge >= 0.3 is 0 Å². The summed E-state index contributed by atoms with van der Waals surface area (Å²) in [5, 5.41) is 4.00. The van der Waals surface area contributed by atoms with Crippen LogP contribution in [0, 0.1) is 0 Å². The molecule has 0 fully saturated rings. The number of unbranched alkanes of at least 4 members (excludes halogenated alkanes) is 1. The minimum absolute atomic E-state index is 0.123. The van der Waals surface area contributed by atoms with E-state index in [1.807, 2.05) is 28.8 Å². The molecule has 0 radical (unpaired) electrons. The van der Waals surface area contributed by atoms with Gasteiger partial charge in [-0.25, -0.2) is 13.4 Å². The number of para-hydroxylation sites is 2. The Morgan fingerprint density at radius 2 is 2.00 bits per heavy atom. The largest absolute Gasteiger partial charge is 0.339 e. The first-order valence-corrected chi connectivity index (χ1v) is 9.95. The third-order valence-corrected chi connectivity index (χ3v) is 4.46. The van der Waals surface area contributed by atoms with Crippen LogP contribution in [0.25, 0.3) is 11.0 Å². The summed E-state index contributed by atoms with van der Waals surface area (Å²) < 4.78 is 30.5. The highest BCUT2D eigenvalue weighted by molar-refractivity contribution is 7.89. The van der Waals surface area contributed by atoms with E-state index in [4.69, 9.17) is 4.52 Å². The summed E-state index contributed by atoms with van der Waals surface area (Å²) in [7, 11) is -3.19. The minimum Gasteiger partial charge on any atom is -0.339 e. The number of imidazole rings is 1. The van der Waals surface area contributed by atoms with E-state index in [1.165, 1.54) is 6.26 Å². The first kappa shape index (κ1) is 16.6. The van der Waals surface area contributed by atoms with Gasteiger partial charge in [0.1, 0.15) is 11.6 Å². The Hall–Kier alpha value is -2.22. The van der Waals surface area contributed by atoms with E-state index in [1.54, 1.807) is 0 Å². The molecule has 8 heteroatoms. The second-order valence-electron chi connectivity index (χ2n) is 5.88. The van der Waals surface area contributed by atoms with Crippen LogP contribution in [-0.4, -0.2) is 34.4 Å². The Balaban J connectivity index is 1.95. The molecule has 128 valence electrons. The number of aromatic nitrogens is 4. The molecule has 0 saturated carbocycles. The summed E-state index contributed by atoms with van der Waals surface area (Å²) in [5.74, 6) is 1.50. The lowest BCUT2D eigenvalue weighted by atomic mass is 10.2. The molecular weight excluding hydrogens is 328 g/mol. The molecule has 0 unspecified atom stereocenters. The van der Waals surface area contributed by atoms with Crippen molar-refractivity contribution in [1.29, 1.82) is 0 Å². The lowest BCUT2D eigenvalue weighted by Gasteiger charge is -2.05. The van der Waals surface area contributed by atoms with Gasteiger partial charge in [-0.1, -0.05) is 30.6 Å². The molecule has 24 heavy (non-hydrogen) atoms. The third-order valence-electron chi connectivity index (χ3n) is 3.68. The minimum atomic E-state index is -3.19. The zero-order valence-electron chi connectivity index (χ0n) is 13.8. The fourth-order valence-electron chi connectivity index (χ4n) is 2.57. The number of nitrogens with zero attached hydrogens (tertiary/aromatic N) is 4. The maximum Gasteiger partial charge on any atom is 0.226 e. The van der Waals surface area contributed by atoms with Gasteiger partial charge in [-0.05, 0) is 18.6 Å². The number of hydrogen-bond acceptors (Lipinski definition) is 6. The van der Waals surface area contributed by atoms with Crippen molar-refractivity contribution in [3.8, 4) is 0 Å². The molecular formula is C16H20N4O3S. The summed E-state index contributed by atoms with van der Waals surface area (Å²) in [6, 6.07) is 7.54. The average Bonchev–Trinajstić information content (AvgIpc) is 3.09. The van der Waals surface area contributed by atoms with Crippen molar-refractivity contribution in [3.05, 3.63) is 41.8 Å². The molecule has 2 heterocycles. The normalized spacial score (nSPS) is 12.1. The molecule has 1 aromatic carbocycles. The van der Waals surface area contributed by atoms with E-state index in [9.17, 15) is 8.42 Å². The van der Waals surface area contributed by atoms with Crippen LogP contribution >= 0.6 is 0 Å². The molecule has 7 nitrogen and oxygen atoms in total. The molecule has 0 spiro atoms. The summed E-state index contributed by atoms with van der Waals surface area (Å²) in [4.78, 5) is 8.84. The van der Waals surface area contributed by atoms with Crippen LogP contribution in [0.3, 0.4) is 0 Å². The Labute approximate surface area is 140 Å². The van der Waals surface area contributed by atoms with Crippen molar-refractivity contribution in [2.75, 3.05) is 6.26 Å². The van der Waals surface area contributed by atoms with Crippen molar-refractivity contribution in [1.82, 2.24) is 19.7 Å². The number of benzene rings is 1. The van der Waals surface area contributed by atoms with Crippen molar-refractivity contribution in [3.63, 3.8) is 0 Å². The first-order valence-electron chi connectivity index (χ1n) is 7.89. The predicted octanol–water partition coefficient (Wildman–Crippen LogP) is 2.35. The molecule has 2 aromatic heterocycles. The molecule has 0 N–H and O–H groups in total. The van der Waals surface area contributed by atoms with Crippen molar-refractivity contribution >= 4 is 20.9 Å². The van der Waals surface area contributed by atoms with Gasteiger partial charge < -0.3 is 9.09 Å². The van der Waals surface area contributed by atoms with E-state index in [0.29, 0.717) is 24.1 Å². The molecule has 0 aliphatic heterocycles. The van der Waals surface area contributed by atoms with Crippen LogP contribution in [0.1, 0.15) is 37.3 Å². The van der Waals surface area contributed by atoms with Crippen LogP contribution in [0.5, 0.6) is 0 Å². The van der Waals surface area contributed by atoms with Crippen LogP contribution in [0.15, 0.2) is 28.8 Å². The third kappa shape index (κ3) is 3.81. The Kier molecular flexibility index (Phi) is 4.66. The number of hydrogen-bond donors (Lipinski definition) is 0. The maximum absolute atomic E-state index is 11.7. The molecule has 3 aromatic rings. The lowest BCUT2D eigenvalue weighted by molar-refractivity contribution is 0.369. The highest BCUT2D eigenvalue weighted by Crippen LogP contribution is 2.19. The van der Waals surface area contributed by atoms with Crippen LogP contribution in [0.2, 0.25) is 0 Å². The quantitative estimate of drug-likeness (QED) is 0.651. The second kappa shape index (κ2) is 6.72. The monoisotopic (exact) mass is 348 g/mol. The Bertz CT molecular complexity index is 943. The maximum atomic E-state index is 11.7. The second-order valence-corrected chi connectivity index (χ2v) is 8.02. The van der Waals surface area contributed by atoms with Gasteiger partial charge in [0.15, 0.2) is 15.7 Å². The summed E-state index contributed by atoms with van der Waals surface area (Å²) >= 11 is 0. The fourth-order valence-corrected chi connectivity index (χ4v) is 3.26. The topological polar surface area (TPSA) is 90.9 Å². The fraction of sp³-hybridized carbons (Fsp3) is 0.438.